The van der Waals surface area contributed by atoms with Crippen LogP contribution in [0.2, 0.25) is 0 Å². The molecule has 0 saturated carbocycles. The predicted octanol–water partition coefficient (Wildman–Crippen LogP) is 3.94. The first-order valence-corrected chi connectivity index (χ1v) is 10.4. The highest BCUT2D eigenvalue weighted by Crippen LogP contribution is 2.30. The summed E-state index contributed by atoms with van der Waals surface area (Å²) in [5.41, 5.74) is 2.90. The summed E-state index contributed by atoms with van der Waals surface area (Å²) in [6, 6.07) is 16.2. The molecular weight excluding hydrogens is 390 g/mol. The number of anilines is 2. The molecule has 0 spiro atoms. The Morgan fingerprint density at radius 3 is 2.94 bits per heavy atom. The Balaban J connectivity index is 1.46. The average Bonchev–Trinajstić information content (AvgIpc) is 3.31. The molecule has 0 aliphatic carbocycles. The van der Waals surface area contributed by atoms with Crippen LogP contribution in [0.3, 0.4) is 0 Å². The van der Waals surface area contributed by atoms with Crippen molar-refractivity contribution in [1.29, 1.82) is 0 Å². The van der Waals surface area contributed by atoms with Gasteiger partial charge >= 0.3 is 0 Å². The number of nitrogens with zero attached hydrogens (tertiary/aromatic N) is 5. The van der Waals surface area contributed by atoms with E-state index in [9.17, 15) is 0 Å². The zero-order valence-electron chi connectivity index (χ0n) is 17.4. The number of hydrogen-bond donors (Lipinski definition) is 0. The highest BCUT2D eigenvalue weighted by Gasteiger charge is 2.15. The first-order chi connectivity index (χ1) is 15.3. The van der Waals surface area contributed by atoms with E-state index in [1.807, 2.05) is 47.8 Å². The van der Waals surface area contributed by atoms with Gasteiger partial charge in [0.25, 0.3) is 5.78 Å². The zero-order chi connectivity index (χ0) is 21.0. The van der Waals surface area contributed by atoms with Crippen LogP contribution in [0.25, 0.3) is 16.7 Å². The Bertz CT molecular complexity index is 1250. The van der Waals surface area contributed by atoms with Crippen LogP contribution in [0, 0.1) is 11.8 Å². The van der Waals surface area contributed by atoms with E-state index in [0.717, 1.165) is 53.8 Å². The van der Waals surface area contributed by atoms with Gasteiger partial charge in [-0.3, -0.25) is 4.40 Å². The highest BCUT2D eigenvalue weighted by atomic mass is 16.7. The Labute approximate surface area is 180 Å². The molecule has 1 atom stereocenters. The van der Waals surface area contributed by atoms with Gasteiger partial charge in [-0.15, -0.1) is 10.2 Å². The fourth-order valence-electron chi connectivity index (χ4n) is 3.77. The topological polar surface area (TPSA) is 64.8 Å². The monoisotopic (exact) mass is 413 g/mol. The van der Waals surface area contributed by atoms with E-state index in [0.29, 0.717) is 12.4 Å². The number of benzene rings is 2. The van der Waals surface area contributed by atoms with E-state index >= 15 is 0 Å². The van der Waals surface area contributed by atoms with Crippen LogP contribution in [-0.2, 0) is 9.47 Å². The molecule has 4 aromatic rings. The lowest BCUT2D eigenvalue weighted by Gasteiger charge is -2.21. The van der Waals surface area contributed by atoms with Gasteiger partial charge < -0.3 is 14.4 Å². The molecule has 0 N–H and O–H groups in total. The van der Waals surface area contributed by atoms with Crippen molar-refractivity contribution in [3.63, 3.8) is 0 Å². The van der Waals surface area contributed by atoms with E-state index in [1.165, 1.54) is 0 Å². The van der Waals surface area contributed by atoms with Gasteiger partial charge in [0.15, 0.2) is 6.29 Å². The van der Waals surface area contributed by atoms with Gasteiger partial charge in [0.05, 0.1) is 5.52 Å². The Kier molecular flexibility index (Phi) is 5.48. The standard InChI is InChI=1S/C24H23N5O2/c1-28(19-9-3-2-4-10-19)23-20-13-12-18(8-7-15-31-22-11-5-6-14-30-22)16-21(20)29-17-25-27-24(29)26-23/h2-4,9-10,12-13,16-17,22H,5-6,11,14-15H2,1H3. The summed E-state index contributed by atoms with van der Waals surface area (Å²) in [5, 5.41) is 9.21. The second-order valence-electron chi connectivity index (χ2n) is 7.47. The summed E-state index contributed by atoms with van der Waals surface area (Å²) < 4.78 is 13.2. The van der Waals surface area contributed by atoms with Crippen LogP contribution in [0.5, 0.6) is 0 Å². The number of ether oxygens (including phenoxy) is 2. The largest absolute Gasteiger partial charge is 0.353 e. The molecule has 156 valence electrons. The third kappa shape index (κ3) is 4.08. The fourth-order valence-corrected chi connectivity index (χ4v) is 3.77. The molecular formula is C24H23N5O2. The zero-order valence-corrected chi connectivity index (χ0v) is 17.4. The summed E-state index contributed by atoms with van der Waals surface area (Å²) in [6.45, 7) is 1.12. The summed E-state index contributed by atoms with van der Waals surface area (Å²) >= 11 is 0. The SMILES string of the molecule is CN(c1ccccc1)c1nc2nncn2c2cc(C#CCOC3CCCCO3)ccc12. The number of hydrogen-bond acceptors (Lipinski definition) is 6. The molecule has 1 unspecified atom stereocenters. The smallest absolute Gasteiger partial charge is 0.257 e. The number of para-hydroxylation sites is 1. The van der Waals surface area contributed by atoms with Crippen molar-refractivity contribution in [3.05, 3.63) is 60.4 Å². The lowest BCUT2D eigenvalue weighted by molar-refractivity contribution is -0.154. The quantitative estimate of drug-likeness (QED) is 0.472. The minimum atomic E-state index is -0.126. The van der Waals surface area contributed by atoms with Crippen LogP contribution >= 0.6 is 0 Å². The van der Waals surface area contributed by atoms with Gasteiger partial charge in [-0.2, -0.15) is 4.98 Å². The lowest BCUT2D eigenvalue weighted by Crippen LogP contribution is -2.22. The molecule has 7 nitrogen and oxygen atoms in total. The molecule has 1 fully saturated rings. The highest BCUT2D eigenvalue weighted by molar-refractivity contribution is 5.94. The predicted molar refractivity (Wildman–Crippen MR) is 119 cm³/mol. The Morgan fingerprint density at radius 1 is 1.19 bits per heavy atom. The van der Waals surface area contributed by atoms with Gasteiger partial charge in [0.2, 0.25) is 0 Å². The van der Waals surface area contributed by atoms with Crippen LogP contribution in [0.1, 0.15) is 24.8 Å². The molecule has 0 bridgehead atoms. The van der Waals surface area contributed by atoms with Gasteiger partial charge in [0.1, 0.15) is 18.8 Å². The van der Waals surface area contributed by atoms with Crippen LogP contribution < -0.4 is 4.90 Å². The minimum Gasteiger partial charge on any atom is -0.353 e. The molecule has 0 amide bonds. The summed E-state index contributed by atoms with van der Waals surface area (Å²) in [5.74, 6) is 7.66. The third-order valence-corrected chi connectivity index (χ3v) is 5.41. The van der Waals surface area contributed by atoms with Gasteiger partial charge in [-0.1, -0.05) is 30.0 Å². The van der Waals surface area contributed by atoms with E-state index in [4.69, 9.17) is 14.5 Å². The molecule has 2 aromatic carbocycles. The average molecular weight is 413 g/mol. The molecule has 1 aliphatic heterocycles. The van der Waals surface area contributed by atoms with Crippen molar-refractivity contribution in [2.45, 2.75) is 25.6 Å². The first kappa shape index (κ1) is 19.5. The lowest BCUT2D eigenvalue weighted by atomic mass is 10.1. The van der Waals surface area contributed by atoms with Crippen molar-refractivity contribution in [1.82, 2.24) is 19.6 Å². The minimum absolute atomic E-state index is 0.126. The number of aromatic nitrogens is 4. The second kappa shape index (κ2) is 8.72. The summed E-state index contributed by atoms with van der Waals surface area (Å²) in [7, 11) is 2.00. The first-order valence-electron chi connectivity index (χ1n) is 10.4. The molecule has 3 heterocycles. The van der Waals surface area contributed by atoms with E-state index in [2.05, 4.69) is 39.1 Å². The third-order valence-electron chi connectivity index (χ3n) is 5.41. The Morgan fingerprint density at radius 2 is 2.10 bits per heavy atom. The van der Waals surface area contributed by atoms with E-state index < -0.39 is 0 Å². The van der Waals surface area contributed by atoms with Crippen molar-refractivity contribution >= 4 is 28.2 Å². The maximum Gasteiger partial charge on any atom is 0.257 e. The maximum absolute atomic E-state index is 5.71. The van der Waals surface area contributed by atoms with Crippen molar-refractivity contribution in [2.24, 2.45) is 0 Å². The second-order valence-corrected chi connectivity index (χ2v) is 7.47. The van der Waals surface area contributed by atoms with Crippen LogP contribution in [-0.4, -0.2) is 46.1 Å². The molecule has 1 aliphatic rings. The fraction of sp³-hybridized carbons (Fsp3) is 0.292. The van der Waals surface area contributed by atoms with E-state index in [-0.39, 0.29) is 6.29 Å². The molecule has 1 saturated heterocycles. The normalized spacial score (nSPS) is 16.2. The van der Waals surface area contributed by atoms with Gasteiger partial charge in [0, 0.05) is 30.3 Å². The summed E-state index contributed by atoms with van der Waals surface area (Å²) in [4.78, 5) is 6.80. The molecule has 31 heavy (non-hydrogen) atoms. The van der Waals surface area contributed by atoms with Crippen LogP contribution in [0.15, 0.2) is 54.9 Å². The maximum atomic E-state index is 5.71. The van der Waals surface area contributed by atoms with Crippen molar-refractivity contribution < 1.29 is 9.47 Å². The van der Waals surface area contributed by atoms with Gasteiger partial charge in [-0.05, 0) is 49.6 Å². The number of fused-ring (bicyclic) bond motifs is 3. The summed E-state index contributed by atoms with van der Waals surface area (Å²) in [6.07, 6.45) is 4.74. The van der Waals surface area contributed by atoms with Crippen molar-refractivity contribution in [2.75, 3.05) is 25.2 Å². The molecule has 5 rings (SSSR count). The molecule has 2 aromatic heterocycles. The van der Waals surface area contributed by atoms with Gasteiger partial charge in [-0.25, -0.2) is 0 Å². The molecule has 7 heteroatoms. The van der Waals surface area contributed by atoms with Crippen LogP contribution in [0.4, 0.5) is 11.5 Å². The number of rotatable bonds is 4. The Hall–Kier alpha value is -3.47. The molecule has 0 radical (unpaired) electrons. The van der Waals surface area contributed by atoms with Crippen molar-refractivity contribution in [3.8, 4) is 11.8 Å². The van der Waals surface area contributed by atoms with E-state index in [1.54, 1.807) is 6.33 Å².